The van der Waals surface area contributed by atoms with Crippen molar-refractivity contribution in [1.29, 1.82) is 0 Å². The third-order valence-electron chi connectivity index (χ3n) is 2.52. The van der Waals surface area contributed by atoms with Crippen LogP contribution in [0.1, 0.15) is 18.1 Å². The Kier molecular flexibility index (Phi) is 4.99. The highest BCUT2D eigenvalue weighted by molar-refractivity contribution is 5.77. The average molecular weight is 221 g/mol. The number of benzene rings is 1. The first-order chi connectivity index (χ1) is 7.65. The summed E-state index contributed by atoms with van der Waals surface area (Å²) in [6.07, 6.45) is 0. The highest BCUT2D eigenvalue weighted by Crippen LogP contribution is 2.09. The monoisotopic (exact) mass is 221 g/mol. The van der Waals surface area contributed by atoms with E-state index in [9.17, 15) is 4.79 Å². The Hall–Kier alpha value is -1.35. The van der Waals surface area contributed by atoms with Gasteiger partial charge in [-0.1, -0.05) is 24.3 Å². The quantitative estimate of drug-likeness (QED) is 0.761. The summed E-state index contributed by atoms with van der Waals surface area (Å²) in [5.74, 6) is 0.0186. The number of carbonyl (C=O) groups excluding carboxylic acids is 1. The second kappa shape index (κ2) is 6.28. The first kappa shape index (κ1) is 12.7. The summed E-state index contributed by atoms with van der Waals surface area (Å²) in [5, 5.41) is 0. The Morgan fingerprint density at radius 2 is 2.06 bits per heavy atom. The van der Waals surface area contributed by atoms with Crippen LogP contribution in [-0.4, -0.2) is 31.1 Å². The normalized spacial score (nSPS) is 10.2. The van der Waals surface area contributed by atoms with Crippen LogP contribution in [0.15, 0.2) is 24.3 Å². The molecule has 0 unspecified atom stereocenters. The maximum absolute atomic E-state index is 11.6. The lowest BCUT2D eigenvalue weighted by Crippen LogP contribution is -2.30. The number of ether oxygens (including phenoxy) is 1. The number of hydrogen-bond donors (Lipinski definition) is 0. The van der Waals surface area contributed by atoms with Crippen LogP contribution < -0.4 is 0 Å². The first-order valence-corrected chi connectivity index (χ1v) is 5.51. The minimum absolute atomic E-state index is 0.0186. The molecule has 1 aromatic carbocycles. The van der Waals surface area contributed by atoms with Gasteiger partial charge in [0, 0.05) is 20.2 Å². The maximum Gasteiger partial charge on any atom is 0.248 e. The summed E-state index contributed by atoms with van der Waals surface area (Å²) in [6.45, 7) is 5.31. The molecule has 0 saturated carbocycles. The van der Waals surface area contributed by atoms with Crippen LogP contribution in [0.2, 0.25) is 0 Å². The number of likely N-dealkylation sites (N-methyl/N-ethyl adjacent to an activating group) is 1. The average Bonchev–Trinajstić information content (AvgIpc) is 2.28. The molecule has 0 heterocycles. The van der Waals surface area contributed by atoms with Crippen molar-refractivity contribution < 1.29 is 9.53 Å². The minimum Gasteiger partial charge on any atom is -0.372 e. The summed E-state index contributed by atoms with van der Waals surface area (Å²) in [4.78, 5) is 13.3. The lowest BCUT2D eigenvalue weighted by atomic mass is 10.1. The summed E-state index contributed by atoms with van der Waals surface area (Å²) in [6, 6.07) is 8.08. The molecule has 0 aliphatic carbocycles. The molecule has 1 aromatic rings. The molecule has 0 aliphatic heterocycles. The van der Waals surface area contributed by atoms with E-state index in [1.807, 2.05) is 25.1 Å². The number of aryl methyl sites for hydroxylation is 1. The second-order valence-electron chi connectivity index (χ2n) is 3.81. The number of nitrogens with zero attached hydrogens (tertiary/aromatic N) is 1. The number of carbonyl (C=O) groups is 1. The van der Waals surface area contributed by atoms with E-state index in [0.29, 0.717) is 13.2 Å². The number of hydrogen-bond acceptors (Lipinski definition) is 2. The molecule has 3 nitrogen and oxygen atoms in total. The Morgan fingerprint density at radius 1 is 1.38 bits per heavy atom. The van der Waals surface area contributed by atoms with Gasteiger partial charge in [0.25, 0.3) is 0 Å². The van der Waals surface area contributed by atoms with E-state index in [4.69, 9.17) is 4.74 Å². The highest BCUT2D eigenvalue weighted by Gasteiger charge is 2.09. The molecule has 3 heteroatoms. The van der Waals surface area contributed by atoms with E-state index < -0.39 is 0 Å². The smallest absolute Gasteiger partial charge is 0.248 e. The zero-order valence-corrected chi connectivity index (χ0v) is 10.2. The van der Waals surface area contributed by atoms with Gasteiger partial charge < -0.3 is 9.64 Å². The van der Waals surface area contributed by atoms with Gasteiger partial charge in [-0.25, -0.2) is 0 Å². The zero-order chi connectivity index (χ0) is 12.0. The molecule has 0 N–H and O–H groups in total. The molecule has 0 bridgehead atoms. The highest BCUT2D eigenvalue weighted by atomic mass is 16.5. The van der Waals surface area contributed by atoms with Crippen LogP contribution in [0.25, 0.3) is 0 Å². The van der Waals surface area contributed by atoms with Crippen molar-refractivity contribution in [3.05, 3.63) is 35.4 Å². The molecule has 0 aromatic heterocycles. The van der Waals surface area contributed by atoms with Crippen LogP contribution in [0, 0.1) is 6.92 Å². The van der Waals surface area contributed by atoms with Crippen LogP contribution in [0.4, 0.5) is 0 Å². The molecular weight excluding hydrogens is 202 g/mol. The van der Waals surface area contributed by atoms with Crippen molar-refractivity contribution in [2.75, 3.05) is 20.3 Å². The third-order valence-corrected chi connectivity index (χ3v) is 2.52. The summed E-state index contributed by atoms with van der Waals surface area (Å²) in [5.41, 5.74) is 2.38. The van der Waals surface area contributed by atoms with Gasteiger partial charge in [0.2, 0.25) is 5.91 Å². The van der Waals surface area contributed by atoms with Crippen molar-refractivity contribution in [3.63, 3.8) is 0 Å². The molecule has 1 rings (SSSR count). The van der Waals surface area contributed by atoms with Gasteiger partial charge in [0.15, 0.2) is 0 Å². The van der Waals surface area contributed by atoms with Gasteiger partial charge in [-0.05, 0) is 25.0 Å². The summed E-state index contributed by atoms with van der Waals surface area (Å²) < 4.78 is 5.09. The van der Waals surface area contributed by atoms with E-state index in [-0.39, 0.29) is 12.5 Å². The molecular formula is C13H19NO2. The zero-order valence-electron chi connectivity index (χ0n) is 10.2. The van der Waals surface area contributed by atoms with Gasteiger partial charge in [-0.3, -0.25) is 4.79 Å². The van der Waals surface area contributed by atoms with Crippen molar-refractivity contribution in [3.8, 4) is 0 Å². The van der Waals surface area contributed by atoms with Gasteiger partial charge in [0.1, 0.15) is 6.61 Å². The molecule has 0 fully saturated rings. The number of rotatable bonds is 5. The van der Waals surface area contributed by atoms with E-state index in [1.54, 1.807) is 11.9 Å². The molecule has 16 heavy (non-hydrogen) atoms. The Balaban J connectivity index is 2.54. The van der Waals surface area contributed by atoms with Crippen LogP contribution >= 0.6 is 0 Å². The lowest BCUT2D eigenvalue weighted by Gasteiger charge is -2.18. The molecule has 0 saturated heterocycles. The van der Waals surface area contributed by atoms with E-state index in [0.717, 1.165) is 0 Å². The molecule has 0 aliphatic rings. The molecule has 1 amide bonds. The number of amides is 1. The van der Waals surface area contributed by atoms with Crippen molar-refractivity contribution >= 4 is 5.91 Å². The topological polar surface area (TPSA) is 29.5 Å². The first-order valence-electron chi connectivity index (χ1n) is 5.51. The molecule has 0 radical (unpaired) electrons. The summed E-state index contributed by atoms with van der Waals surface area (Å²) in [7, 11) is 1.80. The standard InChI is InChI=1S/C13H19NO2/c1-4-16-10-13(15)14(3)9-12-8-6-5-7-11(12)2/h5-8H,4,9-10H2,1-3H3. The van der Waals surface area contributed by atoms with Crippen LogP contribution in [0.3, 0.4) is 0 Å². The Morgan fingerprint density at radius 3 is 2.69 bits per heavy atom. The Labute approximate surface area is 97.0 Å². The van der Waals surface area contributed by atoms with E-state index >= 15 is 0 Å². The second-order valence-corrected chi connectivity index (χ2v) is 3.81. The van der Waals surface area contributed by atoms with E-state index in [2.05, 4.69) is 13.0 Å². The fourth-order valence-corrected chi connectivity index (χ4v) is 1.43. The van der Waals surface area contributed by atoms with E-state index in [1.165, 1.54) is 11.1 Å². The van der Waals surface area contributed by atoms with Crippen LogP contribution in [-0.2, 0) is 16.1 Å². The lowest BCUT2D eigenvalue weighted by molar-refractivity contribution is -0.135. The summed E-state index contributed by atoms with van der Waals surface area (Å²) >= 11 is 0. The molecule has 0 atom stereocenters. The van der Waals surface area contributed by atoms with Crippen LogP contribution in [0.5, 0.6) is 0 Å². The van der Waals surface area contributed by atoms with Gasteiger partial charge in [-0.15, -0.1) is 0 Å². The van der Waals surface area contributed by atoms with Gasteiger partial charge in [-0.2, -0.15) is 0 Å². The molecule has 88 valence electrons. The predicted molar refractivity (Wildman–Crippen MR) is 64.1 cm³/mol. The minimum atomic E-state index is 0.0186. The largest absolute Gasteiger partial charge is 0.372 e. The predicted octanol–water partition coefficient (Wildman–Crippen LogP) is 1.99. The molecule has 0 spiro atoms. The fraction of sp³-hybridized carbons (Fsp3) is 0.462. The van der Waals surface area contributed by atoms with Crippen molar-refractivity contribution in [2.45, 2.75) is 20.4 Å². The van der Waals surface area contributed by atoms with Crippen molar-refractivity contribution in [1.82, 2.24) is 4.90 Å². The van der Waals surface area contributed by atoms with Crippen molar-refractivity contribution in [2.24, 2.45) is 0 Å². The Bertz CT molecular complexity index is 350. The fourth-order valence-electron chi connectivity index (χ4n) is 1.43. The third kappa shape index (κ3) is 3.66. The maximum atomic E-state index is 11.6. The van der Waals surface area contributed by atoms with Gasteiger partial charge in [0.05, 0.1) is 0 Å². The SMILES string of the molecule is CCOCC(=O)N(C)Cc1ccccc1C. The van der Waals surface area contributed by atoms with Gasteiger partial charge >= 0.3 is 0 Å².